The van der Waals surface area contributed by atoms with Crippen LogP contribution in [0, 0.1) is 0 Å². The highest BCUT2D eigenvalue weighted by Crippen LogP contribution is 2.13. The van der Waals surface area contributed by atoms with Crippen molar-refractivity contribution in [3.63, 3.8) is 0 Å². The first-order valence-electron chi connectivity index (χ1n) is 5.88. The van der Waals surface area contributed by atoms with E-state index in [0.717, 1.165) is 5.57 Å². The Morgan fingerprint density at radius 2 is 2.21 bits per heavy atom. The molecule has 0 aliphatic heterocycles. The van der Waals surface area contributed by atoms with Crippen molar-refractivity contribution in [3.05, 3.63) is 30.0 Å². The van der Waals surface area contributed by atoms with E-state index < -0.39 is 10.0 Å². The number of methoxy groups -OCH3 is 1. The quantitative estimate of drug-likeness (QED) is 0.520. The van der Waals surface area contributed by atoms with E-state index in [0.29, 0.717) is 25.5 Å². The monoisotopic (exact) mass is 288 g/mol. The summed E-state index contributed by atoms with van der Waals surface area (Å²) in [4.78, 5) is 0. The topological polar surface area (TPSA) is 80.6 Å². The number of hydrogen-bond acceptors (Lipinski definition) is 5. The highest BCUT2D eigenvalue weighted by Gasteiger charge is 2.17. The van der Waals surface area contributed by atoms with Gasteiger partial charge in [0.15, 0.2) is 0 Å². The number of hydrogen-bond donors (Lipinski definition) is 2. The summed E-state index contributed by atoms with van der Waals surface area (Å²) in [5, 5.41) is 2.98. The van der Waals surface area contributed by atoms with E-state index in [-0.39, 0.29) is 11.6 Å². The number of rotatable bonds is 9. The molecule has 0 atom stereocenters. The van der Waals surface area contributed by atoms with Gasteiger partial charge in [0.2, 0.25) is 5.09 Å². The van der Waals surface area contributed by atoms with Crippen LogP contribution in [-0.4, -0.2) is 35.2 Å². The first-order chi connectivity index (χ1) is 8.95. The van der Waals surface area contributed by atoms with Crippen LogP contribution < -0.4 is 10.0 Å². The maximum Gasteiger partial charge on any atom is 0.274 e. The van der Waals surface area contributed by atoms with Gasteiger partial charge in [0.1, 0.15) is 5.76 Å². The Bertz CT molecular complexity index is 508. The standard InChI is InChI=1S/C12H20N2O4S/c1-10(2)8-14-19(15,16)12-5-4-11(18-12)9-13-6-7-17-3/h4-5,13-14H,1,6-9H2,2-3H3. The molecule has 0 spiro atoms. The highest BCUT2D eigenvalue weighted by molar-refractivity contribution is 7.89. The Balaban J connectivity index is 2.55. The van der Waals surface area contributed by atoms with E-state index in [4.69, 9.17) is 9.15 Å². The number of nitrogens with one attached hydrogen (secondary N) is 2. The largest absolute Gasteiger partial charge is 0.447 e. The molecular formula is C12H20N2O4S. The van der Waals surface area contributed by atoms with E-state index in [2.05, 4.69) is 16.6 Å². The van der Waals surface area contributed by atoms with Crippen molar-refractivity contribution < 1.29 is 17.6 Å². The lowest BCUT2D eigenvalue weighted by molar-refractivity contribution is 0.198. The summed E-state index contributed by atoms with van der Waals surface area (Å²) in [6.45, 7) is 7.30. The van der Waals surface area contributed by atoms with Crippen LogP contribution in [0.3, 0.4) is 0 Å². The van der Waals surface area contributed by atoms with Crippen molar-refractivity contribution in [1.29, 1.82) is 0 Å². The predicted octanol–water partition coefficient (Wildman–Crippen LogP) is 0.870. The maximum atomic E-state index is 11.8. The lowest BCUT2D eigenvalue weighted by atomic mass is 10.4. The van der Waals surface area contributed by atoms with Gasteiger partial charge >= 0.3 is 0 Å². The number of ether oxygens (including phenoxy) is 1. The predicted molar refractivity (Wildman–Crippen MR) is 72.3 cm³/mol. The second-order valence-corrected chi connectivity index (χ2v) is 5.87. The van der Waals surface area contributed by atoms with Crippen LogP contribution in [0.1, 0.15) is 12.7 Å². The molecule has 0 bridgehead atoms. The van der Waals surface area contributed by atoms with E-state index in [9.17, 15) is 8.42 Å². The van der Waals surface area contributed by atoms with Crippen LogP contribution in [0.25, 0.3) is 0 Å². The van der Waals surface area contributed by atoms with Crippen molar-refractivity contribution in [1.82, 2.24) is 10.0 Å². The molecule has 1 aromatic heterocycles. The van der Waals surface area contributed by atoms with E-state index in [1.54, 1.807) is 20.1 Å². The molecule has 0 aliphatic carbocycles. The SMILES string of the molecule is C=C(C)CNS(=O)(=O)c1ccc(CNCCOC)o1. The average Bonchev–Trinajstić information content (AvgIpc) is 2.82. The van der Waals surface area contributed by atoms with E-state index in [1.807, 2.05) is 0 Å². The molecule has 1 rings (SSSR count). The van der Waals surface area contributed by atoms with Crippen molar-refractivity contribution in [2.24, 2.45) is 0 Å². The maximum absolute atomic E-state index is 11.8. The Labute approximate surface area is 113 Å². The molecule has 0 unspecified atom stereocenters. The van der Waals surface area contributed by atoms with Gasteiger partial charge in [-0.3, -0.25) is 0 Å². The fraction of sp³-hybridized carbons (Fsp3) is 0.500. The second-order valence-electron chi connectivity index (χ2n) is 4.17. The number of sulfonamides is 1. The summed E-state index contributed by atoms with van der Waals surface area (Å²) in [6.07, 6.45) is 0. The van der Waals surface area contributed by atoms with Crippen LogP contribution in [0.4, 0.5) is 0 Å². The third-order valence-electron chi connectivity index (χ3n) is 2.25. The average molecular weight is 288 g/mol. The zero-order valence-electron chi connectivity index (χ0n) is 11.2. The molecule has 0 radical (unpaired) electrons. The van der Waals surface area contributed by atoms with Gasteiger partial charge in [0.05, 0.1) is 13.2 Å². The van der Waals surface area contributed by atoms with Crippen LogP contribution in [-0.2, 0) is 21.3 Å². The molecule has 1 heterocycles. The van der Waals surface area contributed by atoms with Crippen LogP contribution >= 0.6 is 0 Å². The third kappa shape index (κ3) is 5.56. The third-order valence-corrected chi connectivity index (χ3v) is 3.52. The molecule has 0 fully saturated rings. The van der Waals surface area contributed by atoms with Gasteiger partial charge in [-0.05, 0) is 19.1 Å². The fourth-order valence-corrected chi connectivity index (χ4v) is 2.32. The molecule has 0 saturated carbocycles. The van der Waals surface area contributed by atoms with Gasteiger partial charge in [0.25, 0.3) is 10.0 Å². The molecule has 19 heavy (non-hydrogen) atoms. The molecule has 0 aliphatic rings. The molecule has 0 amide bonds. The van der Waals surface area contributed by atoms with Gasteiger partial charge in [-0.2, -0.15) is 0 Å². The van der Waals surface area contributed by atoms with E-state index in [1.165, 1.54) is 6.07 Å². The Kier molecular flexibility index (Phi) is 6.23. The molecule has 0 saturated heterocycles. The molecule has 7 heteroatoms. The normalized spacial score (nSPS) is 11.7. The summed E-state index contributed by atoms with van der Waals surface area (Å²) < 4.78 is 36.2. The van der Waals surface area contributed by atoms with Crippen LogP contribution in [0.15, 0.2) is 33.8 Å². The molecule has 0 aromatic carbocycles. The zero-order chi connectivity index (χ0) is 14.3. The number of furan rings is 1. The first kappa shape index (κ1) is 15.9. The van der Waals surface area contributed by atoms with Gasteiger partial charge in [-0.15, -0.1) is 0 Å². The Hall–Kier alpha value is -1.15. The lowest BCUT2D eigenvalue weighted by Gasteiger charge is -2.04. The van der Waals surface area contributed by atoms with Crippen molar-refractivity contribution >= 4 is 10.0 Å². The van der Waals surface area contributed by atoms with Crippen LogP contribution in [0.5, 0.6) is 0 Å². The van der Waals surface area contributed by atoms with Crippen molar-refractivity contribution in [2.45, 2.75) is 18.6 Å². The highest BCUT2D eigenvalue weighted by atomic mass is 32.2. The molecule has 6 nitrogen and oxygen atoms in total. The smallest absolute Gasteiger partial charge is 0.274 e. The van der Waals surface area contributed by atoms with Crippen molar-refractivity contribution in [3.8, 4) is 0 Å². The Morgan fingerprint density at radius 3 is 2.84 bits per heavy atom. The zero-order valence-corrected chi connectivity index (χ0v) is 12.0. The summed E-state index contributed by atoms with van der Waals surface area (Å²) in [7, 11) is -1.98. The summed E-state index contributed by atoms with van der Waals surface area (Å²) in [6, 6.07) is 3.07. The fourth-order valence-electron chi connectivity index (χ4n) is 1.27. The molecule has 108 valence electrons. The van der Waals surface area contributed by atoms with Crippen LogP contribution in [0.2, 0.25) is 0 Å². The van der Waals surface area contributed by atoms with Gasteiger partial charge in [-0.25, -0.2) is 13.1 Å². The minimum atomic E-state index is -3.60. The molecular weight excluding hydrogens is 268 g/mol. The second kappa shape index (κ2) is 7.44. The minimum absolute atomic E-state index is 0.0858. The summed E-state index contributed by atoms with van der Waals surface area (Å²) in [5.74, 6) is 0.562. The van der Waals surface area contributed by atoms with Gasteiger partial charge in [0, 0.05) is 20.2 Å². The van der Waals surface area contributed by atoms with Gasteiger partial charge in [-0.1, -0.05) is 12.2 Å². The molecule has 2 N–H and O–H groups in total. The first-order valence-corrected chi connectivity index (χ1v) is 7.36. The van der Waals surface area contributed by atoms with Gasteiger partial charge < -0.3 is 14.5 Å². The van der Waals surface area contributed by atoms with E-state index >= 15 is 0 Å². The summed E-state index contributed by atoms with van der Waals surface area (Å²) in [5.41, 5.74) is 0.733. The summed E-state index contributed by atoms with van der Waals surface area (Å²) >= 11 is 0. The van der Waals surface area contributed by atoms with Crippen molar-refractivity contribution in [2.75, 3.05) is 26.8 Å². The lowest BCUT2D eigenvalue weighted by Crippen LogP contribution is -2.24. The molecule has 1 aromatic rings. The Morgan fingerprint density at radius 1 is 1.47 bits per heavy atom. The minimum Gasteiger partial charge on any atom is -0.447 e.